The molecule has 0 bridgehead atoms. The topological polar surface area (TPSA) is 67.8 Å². The van der Waals surface area contributed by atoms with Crippen molar-refractivity contribution in [2.45, 2.75) is 38.0 Å². The molecule has 2 rings (SSSR count). The van der Waals surface area contributed by atoms with Crippen LogP contribution in [0.4, 0.5) is 13.2 Å². The highest BCUT2D eigenvalue weighted by molar-refractivity contribution is 5.86. The molecule has 2 unspecified atom stereocenters. The van der Waals surface area contributed by atoms with Crippen molar-refractivity contribution >= 4 is 5.91 Å². The molecule has 0 spiro atoms. The highest BCUT2D eigenvalue weighted by Gasteiger charge is 2.24. The third-order valence-electron chi connectivity index (χ3n) is 4.97. The second-order valence-corrected chi connectivity index (χ2v) is 7.75. The maximum atomic E-state index is 13.0. The Balaban J connectivity index is 1.94. The van der Waals surface area contributed by atoms with E-state index in [0.29, 0.717) is 11.5 Å². The van der Waals surface area contributed by atoms with Crippen LogP contribution in [-0.4, -0.2) is 49.5 Å². The minimum absolute atomic E-state index is 0.0208. The lowest BCUT2D eigenvalue weighted by molar-refractivity contribution is -0.117. The first-order chi connectivity index (χ1) is 15.1. The summed E-state index contributed by atoms with van der Waals surface area (Å²) < 4.78 is 48.1. The van der Waals surface area contributed by atoms with Crippen molar-refractivity contribution in [2.24, 2.45) is 0 Å². The predicted octanol–water partition coefficient (Wildman–Crippen LogP) is 4.04. The summed E-state index contributed by atoms with van der Waals surface area (Å²) in [4.78, 5) is 11.1. The van der Waals surface area contributed by atoms with Gasteiger partial charge in [-0.05, 0) is 41.5 Å². The molecule has 0 aromatic heterocycles. The molecule has 2 atom stereocenters. The number of carbonyl (C=O) groups is 1. The van der Waals surface area contributed by atoms with Crippen LogP contribution in [0.5, 0.6) is 11.5 Å². The van der Waals surface area contributed by atoms with Gasteiger partial charge in [-0.2, -0.15) is 0 Å². The van der Waals surface area contributed by atoms with Crippen molar-refractivity contribution in [3.63, 3.8) is 0 Å². The Hall–Kier alpha value is -3.00. The van der Waals surface area contributed by atoms with Gasteiger partial charge in [-0.15, -0.1) is 0 Å². The van der Waals surface area contributed by atoms with Gasteiger partial charge in [0.1, 0.15) is 30.8 Å². The summed E-state index contributed by atoms with van der Waals surface area (Å²) in [5.74, 6) is 0.525. The summed E-state index contributed by atoms with van der Waals surface area (Å²) in [7, 11) is 0. The Kier molecular flexibility index (Phi) is 9.13. The van der Waals surface area contributed by atoms with E-state index in [0.717, 1.165) is 17.2 Å². The van der Waals surface area contributed by atoms with Gasteiger partial charge in [0.05, 0.1) is 0 Å². The van der Waals surface area contributed by atoms with E-state index in [1.165, 1.54) is 0 Å². The van der Waals surface area contributed by atoms with Crippen LogP contribution < -0.4 is 14.8 Å². The molecule has 0 fully saturated rings. The number of hydrogen-bond acceptors (Lipinski definition) is 4. The fourth-order valence-corrected chi connectivity index (χ4v) is 2.89. The number of ether oxygens (including phenoxy) is 2. The Bertz CT molecular complexity index is 870. The van der Waals surface area contributed by atoms with Crippen LogP contribution in [0.1, 0.15) is 25.0 Å². The van der Waals surface area contributed by atoms with Gasteiger partial charge >= 0.3 is 0 Å². The van der Waals surface area contributed by atoms with Crippen molar-refractivity contribution in [1.29, 1.82) is 0 Å². The molecule has 0 heterocycles. The normalized spacial score (nSPS) is 13.3. The Labute approximate surface area is 185 Å². The second-order valence-electron chi connectivity index (χ2n) is 7.75. The highest BCUT2D eigenvalue weighted by atomic mass is 19.3. The van der Waals surface area contributed by atoms with Crippen LogP contribution in [0.25, 0.3) is 0 Å². The molecule has 2 aromatic rings. The lowest BCUT2D eigenvalue weighted by Crippen LogP contribution is -2.34. The third kappa shape index (κ3) is 7.30. The number of nitrogens with one attached hydrogen (secondary N) is 1. The van der Waals surface area contributed by atoms with Gasteiger partial charge in [-0.25, -0.2) is 13.2 Å². The number of aliphatic hydroxyl groups excluding tert-OH is 1. The van der Waals surface area contributed by atoms with Crippen molar-refractivity contribution in [1.82, 2.24) is 5.32 Å². The minimum Gasteiger partial charge on any atom is -0.491 e. The Morgan fingerprint density at radius 3 is 1.91 bits per heavy atom. The van der Waals surface area contributed by atoms with E-state index in [1.807, 2.05) is 38.1 Å². The molecule has 1 amide bonds. The standard InChI is InChI=1S/C24H28F3NO4/c1-4-22(30)28-13-18(29)14-31-19-9-5-16(6-10-19)24(2,3)17-7-11-20(12-8-17)32-15-21(25)23(26)27/h4-12,18,21,23,29H,1,13-15H2,2-3H3,(H,28,30). The molecule has 8 heteroatoms. The van der Waals surface area contributed by atoms with Gasteiger partial charge in [0.15, 0.2) is 6.17 Å². The van der Waals surface area contributed by atoms with Crippen molar-refractivity contribution < 1.29 is 32.5 Å². The van der Waals surface area contributed by atoms with Gasteiger partial charge in [0.2, 0.25) is 5.91 Å². The molecule has 5 nitrogen and oxygen atoms in total. The molecule has 32 heavy (non-hydrogen) atoms. The fourth-order valence-electron chi connectivity index (χ4n) is 2.89. The van der Waals surface area contributed by atoms with Gasteiger partial charge in [0.25, 0.3) is 6.43 Å². The van der Waals surface area contributed by atoms with Crippen LogP contribution in [0, 0.1) is 0 Å². The average molecular weight is 451 g/mol. The third-order valence-corrected chi connectivity index (χ3v) is 4.97. The smallest absolute Gasteiger partial charge is 0.272 e. The maximum Gasteiger partial charge on any atom is 0.272 e. The summed E-state index contributed by atoms with van der Waals surface area (Å²) in [6.07, 6.45) is -5.12. The minimum atomic E-state index is -3.07. The summed E-state index contributed by atoms with van der Waals surface area (Å²) in [5, 5.41) is 12.4. The number of amides is 1. The number of rotatable bonds is 12. The van der Waals surface area contributed by atoms with Gasteiger partial charge in [0, 0.05) is 12.0 Å². The maximum absolute atomic E-state index is 13.0. The highest BCUT2D eigenvalue weighted by Crippen LogP contribution is 2.33. The number of hydrogen-bond donors (Lipinski definition) is 2. The van der Waals surface area contributed by atoms with Crippen LogP contribution in [0.2, 0.25) is 0 Å². The van der Waals surface area contributed by atoms with E-state index in [2.05, 4.69) is 11.9 Å². The summed E-state index contributed by atoms with van der Waals surface area (Å²) >= 11 is 0. The fraction of sp³-hybridized carbons (Fsp3) is 0.375. The zero-order valence-electron chi connectivity index (χ0n) is 18.1. The summed E-state index contributed by atoms with van der Waals surface area (Å²) in [6, 6.07) is 14.2. The first-order valence-corrected chi connectivity index (χ1v) is 10.1. The molecule has 0 saturated carbocycles. The first-order valence-electron chi connectivity index (χ1n) is 10.1. The molecule has 0 aliphatic carbocycles. The zero-order valence-corrected chi connectivity index (χ0v) is 18.1. The van der Waals surface area contributed by atoms with E-state index in [4.69, 9.17) is 9.47 Å². The molecule has 174 valence electrons. The van der Waals surface area contributed by atoms with E-state index < -0.39 is 25.3 Å². The SMILES string of the molecule is C=CC(=O)NCC(O)COc1ccc(C(C)(C)c2ccc(OCC(F)C(F)F)cc2)cc1. The molecule has 0 radical (unpaired) electrons. The Morgan fingerprint density at radius 1 is 1.00 bits per heavy atom. The lowest BCUT2D eigenvalue weighted by atomic mass is 9.78. The molecule has 0 aliphatic heterocycles. The Morgan fingerprint density at radius 2 is 1.47 bits per heavy atom. The van der Waals surface area contributed by atoms with E-state index >= 15 is 0 Å². The molecule has 2 aromatic carbocycles. The number of halogens is 3. The molecular formula is C24H28F3NO4. The van der Waals surface area contributed by atoms with E-state index in [9.17, 15) is 23.1 Å². The van der Waals surface area contributed by atoms with E-state index in [1.54, 1.807) is 24.3 Å². The molecule has 2 N–H and O–H groups in total. The van der Waals surface area contributed by atoms with Gasteiger partial charge in [-0.1, -0.05) is 44.7 Å². The van der Waals surface area contributed by atoms with Crippen LogP contribution in [-0.2, 0) is 10.2 Å². The zero-order chi connectivity index (χ0) is 23.7. The van der Waals surface area contributed by atoms with Gasteiger partial charge in [-0.3, -0.25) is 4.79 Å². The van der Waals surface area contributed by atoms with Crippen LogP contribution in [0.3, 0.4) is 0 Å². The average Bonchev–Trinajstić information content (AvgIpc) is 2.79. The monoisotopic (exact) mass is 451 g/mol. The summed E-state index contributed by atoms with van der Waals surface area (Å²) in [6.45, 7) is 6.77. The number of alkyl halides is 3. The summed E-state index contributed by atoms with van der Waals surface area (Å²) in [5.41, 5.74) is 1.58. The predicted molar refractivity (Wildman–Crippen MR) is 116 cm³/mol. The molecule has 0 aliphatic rings. The number of carbonyl (C=O) groups excluding carboxylic acids is 1. The number of benzene rings is 2. The van der Waals surface area contributed by atoms with Crippen molar-refractivity contribution in [2.75, 3.05) is 19.8 Å². The van der Waals surface area contributed by atoms with Crippen LogP contribution in [0.15, 0.2) is 61.2 Å². The van der Waals surface area contributed by atoms with Crippen LogP contribution >= 0.6 is 0 Å². The number of aliphatic hydroxyl groups is 1. The largest absolute Gasteiger partial charge is 0.491 e. The molecule has 0 saturated heterocycles. The molecular weight excluding hydrogens is 423 g/mol. The van der Waals surface area contributed by atoms with Crippen molar-refractivity contribution in [3.05, 3.63) is 72.3 Å². The quantitative estimate of drug-likeness (QED) is 0.478. The van der Waals surface area contributed by atoms with Crippen molar-refractivity contribution in [3.8, 4) is 11.5 Å². The second kappa shape index (κ2) is 11.6. The van der Waals surface area contributed by atoms with Gasteiger partial charge < -0.3 is 19.9 Å². The first kappa shape index (κ1) is 25.3. The van der Waals surface area contributed by atoms with E-state index in [-0.39, 0.29) is 24.5 Å². The lowest BCUT2D eigenvalue weighted by Gasteiger charge is -2.26.